The van der Waals surface area contributed by atoms with Crippen LogP contribution in [0.5, 0.6) is 0 Å². The van der Waals surface area contributed by atoms with Gasteiger partial charge in [-0.1, -0.05) is 42.5 Å². The van der Waals surface area contributed by atoms with Crippen LogP contribution in [-0.4, -0.2) is 47.9 Å². The van der Waals surface area contributed by atoms with Gasteiger partial charge in [-0.05, 0) is 31.0 Å². The van der Waals surface area contributed by atoms with E-state index >= 15 is 0 Å². The molecule has 0 unspecified atom stereocenters. The summed E-state index contributed by atoms with van der Waals surface area (Å²) in [5, 5.41) is 3.74. The van der Waals surface area contributed by atoms with Crippen molar-refractivity contribution in [2.75, 3.05) is 31.5 Å². The van der Waals surface area contributed by atoms with Crippen molar-refractivity contribution >= 4 is 40.8 Å². The lowest BCUT2D eigenvalue weighted by molar-refractivity contribution is -0.137. The van der Waals surface area contributed by atoms with E-state index in [-0.39, 0.29) is 17.9 Å². The molecule has 1 N–H and O–H groups in total. The van der Waals surface area contributed by atoms with Crippen LogP contribution in [0, 0.1) is 5.92 Å². The highest BCUT2D eigenvalue weighted by molar-refractivity contribution is 6.36. The number of nitrogens with zero attached hydrogens (tertiary/aromatic N) is 2. The Kier molecular flexibility index (Phi) is 6.07. The number of benzene rings is 1. The van der Waals surface area contributed by atoms with Gasteiger partial charge in [-0.25, -0.2) is 4.79 Å². The molecular weight excluding hydrogens is 361 g/mol. The first-order chi connectivity index (χ1) is 12.0. The summed E-state index contributed by atoms with van der Waals surface area (Å²) in [7, 11) is 0. The summed E-state index contributed by atoms with van der Waals surface area (Å²) in [6, 6.07) is 4.77. The Morgan fingerprint density at radius 3 is 2.24 bits per heavy atom. The number of anilines is 1. The third kappa shape index (κ3) is 4.59. The van der Waals surface area contributed by atoms with E-state index in [1.54, 1.807) is 23.1 Å². The maximum absolute atomic E-state index is 12.6. The molecule has 2 fully saturated rings. The van der Waals surface area contributed by atoms with Gasteiger partial charge in [0, 0.05) is 37.1 Å². The van der Waals surface area contributed by atoms with Crippen molar-refractivity contribution in [3.8, 4) is 0 Å². The number of hydrogen-bond donors (Lipinski definition) is 1. The molecule has 136 valence electrons. The van der Waals surface area contributed by atoms with Crippen molar-refractivity contribution in [3.63, 3.8) is 0 Å². The minimum Gasteiger partial charge on any atom is -0.339 e. The lowest BCUT2D eigenvalue weighted by atomic mass is 9.88. The van der Waals surface area contributed by atoms with Crippen molar-refractivity contribution < 1.29 is 9.59 Å². The molecule has 1 aliphatic carbocycles. The number of piperazine rings is 1. The van der Waals surface area contributed by atoms with Crippen LogP contribution in [0.3, 0.4) is 0 Å². The van der Waals surface area contributed by atoms with Crippen LogP contribution in [-0.2, 0) is 4.79 Å². The zero-order chi connectivity index (χ0) is 17.8. The van der Waals surface area contributed by atoms with Crippen LogP contribution in [0.15, 0.2) is 18.2 Å². The minimum absolute atomic E-state index is 0.182. The number of amides is 3. The Labute approximate surface area is 158 Å². The smallest absolute Gasteiger partial charge is 0.322 e. The van der Waals surface area contributed by atoms with Gasteiger partial charge in [-0.15, -0.1) is 0 Å². The summed E-state index contributed by atoms with van der Waals surface area (Å²) < 4.78 is 0. The molecule has 0 spiro atoms. The molecule has 1 aliphatic heterocycles. The molecule has 0 radical (unpaired) electrons. The van der Waals surface area contributed by atoms with Gasteiger partial charge < -0.3 is 15.1 Å². The van der Waals surface area contributed by atoms with Crippen LogP contribution in [0.25, 0.3) is 0 Å². The fraction of sp³-hybridized carbons (Fsp3) is 0.556. The molecule has 0 aromatic heterocycles. The monoisotopic (exact) mass is 383 g/mol. The van der Waals surface area contributed by atoms with Gasteiger partial charge in [0.2, 0.25) is 5.91 Å². The molecule has 5 nitrogen and oxygen atoms in total. The Balaban J connectivity index is 1.51. The molecule has 1 saturated heterocycles. The molecule has 25 heavy (non-hydrogen) atoms. The molecule has 0 atom stereocenters. The highest BCUT2D eigenvalue weighted by Crippen LogP contribution is 2.27. The topological polar surface area (TPSA) is 52.7 Å². The molecule has 7 heteroatoms. The quantitative estimate of drug-likeness (QED) is 0.829. The predicted octanol–water partition coefficient (Wildman–Crippen LogP) is 4.25. The first-order valence-corrected chi connectivity index (χ1v) is 9.60. The number of carbonyl (C=O) groups excluding carboxylic acids is 2. The van der Waals surface area contributed by atoms with Gasteiger partial charge >= 0.3 is 6.03 Å². The van der Waals surface area contributed by atoms with Gasteiger partial charge in [0.05, 0.1) is 10.7 Å². The second-order valence-electron chi connectivity index (χ2n) is 6.70. The molecule has 1 aromatic carbocycles. The van der Waals surface area contributed by atoms with Crippen molar-refractivity contribution in [2.24, 2.45) is 5.92 Å². The highest BCUT2D eigenvalue weighted by atomic mass is 35.5. The van der Waals surface area contributed by atoms with Crippen LogP contribution >= 0.6 is 23.2 Å². The average Bonchev–Trinajstić information content (AvgIpc) is 2.64. The molecule has 3 amide bonds. The normalized spacial score (nSPS) is 19.0. The van der Waals surface area contributed by atoms with Gasteiger partial charge in [-0.2, -0.15) is 0 Å². The van der Waals surface area contributed by atoms with E-state index in [2.05, 4.69) is 5.32 Å². The minimum atomic E-state index is -0.200. The summed E-state index contributed by atoms with van der Waals surface area (Å²) in [5.74, 6) is 0.447. The number of nitrogens with one attached hydrogen (secondary N) is 1. The maximum Gasteiger partial charge on any atom is 0.322 e. The summed E-state index contributed by atoms with van der Waals surface area (Å²) in [6.07, 6.45) is 5.56. The molecule has 1 aromatic rings. The van der Waals surface area contributed by atoms with E-state index in [1.807, 2.05) is 4.90 Å². The Hall–Kier alpha value is -1.46. The number of urea groups is 1. The van der Waals surface area contributed by atoms with Gasteiger partial charge in [0.25, 0.3) is 0 Å². The van der Waals surface area contributed by atoms with Crippen molar-refractivity contribution in [1.82, 2.24) is 9.80 Å². The molecule has 1 heterocycles. The van der Waals surface area contributed by atoms with Crippen molar-refractivity contribution in [2.45, 2.75) is 32.1 Å². The number of hydrogen-bond acceptors (Lipinski definition) is 2. The molecule has 2 aliphatic rings. The Morgan fingerprint density at radius 1 is 0.960 bits per heavy atom. The van der Waals surface area contributed by atoms with Gasteiger partial charge in [0.15, 0.2) is 0 Å². The molecule has 3 rings (SSSR count). The summed E-state index contributed by atoms with van der Waals surface area (Å²) in [4.78, 5) is 28.6. The second-order valence-corrected chi connectivity index (χ2v) is 7.55. The Morgan fingerprint density at radius 2 is 1.60 bits per heavy atom. The lowest BCUT2D eigenvalue weighted by Crippen LogP contribution is -2.53. The van der Waals surface area contributed by atoms with Gasteiger partial charge in [0.1, 0.15) is 0 Å². The van der Waals surface area contributed by atoms with Crippen LogP contribution < -0.4 is 5.32 Å². The van der Waals surface area contributed by atoms with E-state index in [1.165, 1.54) is 6.42 Å². The van der Waals surface area contributed by atoms with Crippen molar-refractivity contribution in [3.05, 3.63) is 28.2 Å². The summed E-state index contributed by atoms with van der Waals surface area (Å²) in [6.45, 7) is 2.26. The summed E-state index contributed by atoms with van der Waals surface area (Å²) >= 11 is 12.0. The Bertz CT molecular complexity index is 639. The van der Waals surface area contributed by atoms with Crippen LogP contribution in [0.1, 0.15) is 32.1 Å². The van der Waals surface area contributed by atoms with Gasteiger partial charge in [-0.3, -0.25) is 4.79 Å². The third-order valence-corrected chi connectivity index (χ3v) is 5.55. The second kappa shape index (κ2) is 8.28. The first-order valence-electron chi connectivity index (χ1n) is 8.84. The first kappa shape index (κ1) is 18.3. The highest BCUT2D eigenvalue weighted by Gasteiger charge is 2.29. The fourth-order valence-corrected chi connectivity index (χ4v) is 3.98. The van der Waals surface area contributed by atoms with E-state index in [9.17, 15) is 9.59 Å². The van der Waals surface area contributed by atoms with Crippen molar-refractivity contribution in [1.29, 1.82) is 0 Å². The van der Waals surface area contributed by atoms with E-state index < -0.39 is 0 Å². The lowest BCUT2D eigenvalue weighted by Gasteiger charge is -2.37. The average molecular weight is 384 g/mol. The zero-order valence-corrected chi connectivity index (χ0v) is 15.7. The maximum atomic E-state index is 12.6. The van der Waals surface area contributed by atoms with Crippen LogP contribution in [0.4, 0.5) is 10.5 Å². The molecule has 0 bridgehead atoms. The summed E-state index contributed by atoms with van der Waals surface area (Å²) in [5.41, 5.74) is 0.539. The number of carbonyl (C=O) groups is 2. The van der Waals surface area contributed by atoms with Crippen LogP contribution in [0.2, 0.25) is 10.0 Å². The number of halogens is 2. The van der Waals surface area contributed by atoms with E-state index in [0.717, 1.165) is 25.7 Å². The SMILES string of the molecule is O=C(Nc1ccc(Cl)cc1Cl)N1CCN(C(=O)C2CCCCC2)CC1. The third-order valence-electron chi connectivity index (χ3n) is 5.01. The number of rotatable bonds is 2. The standard InChI is InChI=1S/C18H23Cl2N3O2/c19-14-6-7-16(15(20)12-14)21-18(25)23-10-8-22(9-11-23)17(24)13-4-2-1-3-5-13/h6-7,12-13H,1-5,8-11H2,(H,21,25). The van der Waals surface area contributed by atoms with E-state index in [4.69, 9.17) is 23.2 Å². The van der Waals surface area contributed by atoms with E-state index in [0.29, 0.717) is 41.9 Å². The zero-order valence-electron chi connectivity index (χ0n) is 14.1. The predicted molar refractivity (Wildman–Crippen MR) is 100 cm³/mol. The fourth-order valence-electron chi connectivity index (χ4n) is 3.52. The molecule has 1 saturated carbocycles. The molecular formula is C18H23Cl2N3O2. The largest absolute Gasteiger partial charge is 0.339 e.